The van der Waals surface area contributed by atoms with E-state index in [2.05, 4.69) is 24.5 Å². The molecule has 0 radical (unpaired) electrons. The van der Waals surface area contributed by atoms with E-state index in [0.29, 0.717) is 34.3 Å². The molecule has 1 aromatic rings. The Morgan fingerprint density at radius 1 is 1.32 bits per heavy atom. The molecule has 1 saturated carbocycles. The number of halogens is 1. The highest BCUT2D eigenvalue weighted by molar-refractivity contribution is 6.32. The number of carbonyl (C=O) groups excluding carboxylic acids is 2. The molecule has 1 aliphatic rings. The van der Waals surface area contributed by atoms with Crippen LogP contribution in [0.4, 0.5) is 10.5 Å². The third-order valence-corrected chi connectivity index (χ3v) is 4.57. The summed E-state index contributed by atoms with van der Waals surface area (Å²) in [5.74, 6) is 0.797. The lowest BCUT2D eigenvalue weighted by Crippen LogP contribution is -2.41. The maximum absolute atomic E-state index is 12.0. The number of urea groups is 1. The van der Waals surface area contributed by atoms with Crippen LogP contribution >= 0.6 is 11.6 Å². The highest BCUT2D eigenvalue weighted by Gasteiger charge is 2.35. The number of hydrogen-bond donors (Lipinski definition) is 2. The highest BCUT2D eigenvalue weighted by Crippen LogP contribution is 2.44. The van der Waals surface area contributed by atoms with Crippen molar-refractivity contribution in [3.05, 3.63) is 23.2 Å². The quantitative estimate of drug-likeness (QED) is 0.809. The Balaban J connectivity index is 1.79. The maximum Gasteiger partial charge on any atom is 0.319 e. The number of benzene rings is 1. The fraction of sp³-hybridized carbons (Fsp3) is 0.556. The summed E-state index contributed by atoms with van der Waals surface area (Å²) < 4.78 is 5.39. The largest absolute Gasteiger partial charge is 0.482 e. The number of likely N-dealkylation sites (N-methyl/N-ethyl adjacent to an activating group) is 1. The molecule has 0 aromatic heterocycles. The molecule has 0 unspecified atom stereocenters. The molecule has 1 aromatic carbocycles. The van der Waals surface area contributed by atoms with Crippen molar-refractivity contribution in [3.63, 3.8) is 0 Å². The van der Waals surface area contributed by atoms with Crippen molar-refractivity contribution in [2.45, 2.75) is 26.7 Å². The van der Waals surface area contributed by atoms with Crippen LogP contribution < -0.4 is 15.4 Å². The number of nitrogens with one attached hydrogen (secondary N) is 2. The standard InChI is InChI=1S/C18H26ClN3O3/c1-18(2)8-12(9-18)10-20-17(24)21-13-5-6-15(14(19)7-13)25-11-16(23)22(3)4/h5-7,12H,8-11H2,1-4H3,(H2,20,21,24). The van der Waals surface area contributed by atoms with Gasteiger partial charge in [-0.1, -0.05) is 25.4 Å². The second kappa shape index (κ2) is 7.95. The summed E-state index contributed by atoms with van der Waals surface area (Å²) in [7, 11) is 3.31. The van der Waals surface area contributed by atoms with E-state index in [-0.39, 0.29) is 18.5 Å². The van der Waals surface area contributed by atoms with Gasteiger partial charge in [0, 0.05) is 26.3 Å². The lowest BCUT2D eigenvalue weighted by atomic mass is 9.64. The van der Waals surface area contributed by atoms with E-state index >= 15 is 0 Å². The Morgan fingerprint density at radius 3 is 2.56 bits per heavy atom. The van der Waals surface area contributed by atoms with Gasteiger partial charge in [-0.25, -0.2) is 4.79 Å². The average Bonchev–Trinajstić information content (AvgIpc) is 2.49. The summed E-state index contributed by atoms with van der Waals surface area (Å²) in [6, 6.07) is 4.67. The van der Waals surface area contributed by atoms with Gasteiger partial charge in [-0.05, 0) is 42.4 Å². The number of anilines is 1. The van der Waals surface area contributed by atoms with Gasteiger partial charge in [-0.2, -0.15) is 0 Å². The molecule has 0 bridgehead atoms. The van der Waals surface area contributed by atoms with Crippen LogP contribution in [0.1, 0.15) is 26.7 Å². The first kappa shape index (κ1) is 19.4. The molecule has 7 heteroatoms. The second-order valence-electron chi connectivity index (χ2n) is 7.50. The van der Waals surface area contributed by atoms with E-state index < -0.39 is 0 Å². The average molecular weight is 368 g/mol. The monoisotopic (exact) mass is 367 g/mol. The molecule has 1 aliphatic carbocycles. The SMILES string of the molecule is CN(C)C(=O)COc1ccc(NC(=O)NCC2CC(C)(C)C2)cc1Cl. The lowest BCUT2D eigenvalue weighted by molar-refractivity contribution is -0.130. The van der Waals surface area contributed by atoms with Crippen molar-refractivity contribution in [1.82, 2.24) is 10.2 Å². The van der Waals surface area contributed by atoms with Gasteiger partial charge in [-0.3, -0.25) is 4.79 Å². The zero-order valence-electron chi connectivity index (χ0n) is 15.2. The predicted molar refractivity (Wildman–Crippen MR) is 99.2 cm³/mol. The summed E-state index contributed by atoms with van der Waals surface area (Å²) in [6.07, 6.45) is 2.27. The zero-order chi connectivity index (χ0) is 18.6. The highest BCUT2D eigenvalue weighted by atomic mass is 35.5. The minimum absolute atomic E-state index is 0.0856. The van der Waals surface area contributed by atoms with Crippen molar-refractivity contribution >= 4 is 29.2 Å². The normalized spacial score (nSPS) is 15.9. The van der Waals surface area contributed by atoms with Crippen LogP contribution in [0.2, 0.25) is 5.02 Å². The molecule has 0 atom stereocenters. The van der Waals surface area contributed by atoms with Crippen LogP contribution in [-0.4, -0.2) is 44.1 Å². The summed E-state index contributed by atoms with van der Waals surface area (Å²) >= 11 is 6.14. The van der Waals surface area contributed by atoms with Crippen molar-refractivity contribution < 1.29 is 14.3 Å². The Labute approximate surface area is 153 Å². The molecule has 0 heterocycles. The van der Waals surface area contributed by atoms with Gasteiger partial charge >= 0.3 is 6.03 Å². The Kier molecular flexibility index (Phi) is 6.16. The molecule has 6 nitrogen and oxygen atoms in total. The van der Waals surface area contributed by atoms with E-state index in [4.69, 9.17) is 16.3 Å². The predicted octanol–water partition coefficient (Wildman–Crippen LogP) is 3.36. The topological polar surface area (TPSA) is 70.7 Å². The van der Waals surface area contributed by atoms with Gasteiger partial charge in [0.25, 0.3) is 5.91 Å². The summed E-state index contributed by atoms with van der Waals surface area (Å²) in [5, 5.41) is 5.97. The van der Waals surface area contributed by atoms with Crippen molar-refractivity contribution in [2.75, 3.05) is 32.6 Å². The minimum Gasteiger partial charge on any atom is -0.482 e. The lowest BCUT2D eigenvalue weighted by Gasteiger charge is -2.42. The fourth-order valence-electron chi connectivity index (χ4n) is 3.02. The third kappa shape index (κ3) is 5.81. The zero-order valence-corrected chi connectivity index (χ0v) is 15.9. The number of carbonyl (C=O) groups is 2. The van der Waals surface area contributed by atoms with Crippen molar-refractivity contribution in [1.29, 1.82) is 0 Å². The van der Waals surface area contributed by atoms with E-state index in [1.54, 1.807) is 32.3 Å². The van der Waals surface area contributed by atoms with E-state index in [0.717, 1.165) is 12.8 Å². The van der Waals surface area contributed by atoms with Gasteiger partial charge in [-0.15, -0.1) is 0 Å². The third-order valence-electron chi connectivity index (χ3n) is 4.27. The van der Waals surface area contributed by atoms with Gasteiger partial charge in [0.05, 0.1) is 5.02 Å². The molecular weight excluding hydrogens is 342 g/mol. The minimum atomic E-state index is -0.253. The molecule has 0 aliphatic heterocycles. The van der Waals surface area contributed by atoms with Crippen molar-refractivity contribution in [3.8, 4) is 5.75 Å². The Bertz CT molecular complexity index is 638. The van der Waals surface area contributed by atoms with Gasteiger partial charge in [0.2, 0.25) is 0 Å². The number of nitrogens with zero attached hydrogens (tertiary/aromatic N) is 1. The first-order chi connectivity index (χ1) is 11.7. The number of rotatable bonds is 6. The van der Waals surface area contributed by atoms with Crippen LogP contribution in [0.15, 0.2) is 18.2 Å². The van der Waals surface area contributed by atoms with Gasteiger partial charge in [0.1, 0.15) is 5.75 Å². The molecule has 0 saturated heterocycles. The summed E-state index contributed by atoms with van der Waals surface area (Å²) in [6.45, 7) is 5.07. The van der Waals surface area contributed by atoms with Crippen LogP contribution in [-0.2, 0) is 4.79 Å². The van der Waals surface area contributed by atoms with Crippen molar-refractivity contribution in [2.24, 2.45) is 11.3 Å². The number of ether oxygens (including phenoxy) is 1. The maximum atomic E-state index is 12.0. The van der Waals surface area contributed by atoms with E-state index in [1.165, 1.54) is 4.90 Å². The smallest absolute Gasteiger partial charge is 0.319 e. The second-order valence-corrected chi connectivity index (χ2v) is 7.90. The number of hydrogen-bond acceptors (Lipinski definition) is 3. The van der Waals surface area contributed by atoms with Crippen LogP contribution in [0.25, 0.3) is 0 Å². The molecule has 0 spiro atoms. The fourth-order valence-corrected chi connectivity index (χ4v) is 3.26. The molecule has 2 rings (SSSR count). The van der Waals surface area contributed by atoms with Crippen LogP contribution in [0, 0.1) is 11.3 Å². The van der Waals surface area contributed by atoms with Crippen LogP contribution in [0.5, 0.6) is 5.75 Å². The van der Waals surface area contributed by atoms with Crippen LogP contribution in [0.3, 0.4) is 0 Å². The van der Waals surface area contributed by atoms with E-state index in [1.807, 2.05) is 0 Å². The van der Waals surface area contributed by atoms with E-state index in [9.17, 15) is 9.59 Å². The first-order valence-corrected chi connectivity index (χ1v) is 8.71. The number of amides is 3. The Morgan fingerprint density at radius 2 is 2.00 bits per heavy atom. The summed E-state index contributed by atoms with van der Waals surface area (Å²) in [4.78, 5) is 24.9. The van der Waals surface area contributed by atoms with Gasteiger partial charge < -0.3 is 20.3 Å². The molecule has 2 N–H and O–H groups in total. The Hall–Kier alpha value is -1.95. The molecule has 138 valence electrons. The van der Waals surface area contributed by atoms with Gasteiger partial charge in [0.15, 0.2) is 6.61 Å². The summed E-state index contributed by atoms with van der Waals surface area (Å²) in [5.41, 5.74) is 0.975. The molecule has 3 amide bonds. The molecule has 25 heavy (non-hydrogen) atoms. The molecule has 1 fully saturated rings. The first-order valence-electron chi connectivity index (χ1n) is 8.34. The molecular formula is C18H26ClN3O3.